The second kappa shape index (κ2) is 8.99. The van der Waals surface area contributed by atoms with Crippen LogP contribution in [0.4, 0.5) is 11.5 Å². The number of sulfonamides is 1. The monoisotopic (exact) mass is 456 g/mol. The van der Waals surface area contributed by atoms with Gasteiger partial charge in [0.1, 0.15) is 5.82 Å². The van der Waals surface area contributed by atoms with Gasteiger partial charge in [-0.3, -0.25) is 9.59 Å². The van der Waals surface area contributed by atoms with Gasteiger partial charge >= 0.3 is 0 Å². The molecule has 4 rings (SSSR count). The molecule has 0 saturated carbocycles. The minimum Gasteiger partial charge on any atom is -0.312 e. The minimum absolute atomic E-state index is 0.0391. The predicted molar refractivity (Wildman–Crippen MR) is 122 cm³/mol. The van der Waals surface area contributed by atoms with Crippen molar-refractivity contribution in [2.75, 3.05) is 29.9 Å². The number of anilines is 2. The topological polar surface area (TPSA) is 99.7 Å². The van der Waals surface area contributed by atoms with E-state index in [4.69, 9.17) is 0 Å². The molecule has 8 nitrogen and oxygen atoms in total. The smallest absolute Gasteiger partial charge is 0.243 e. The molecule has 1 N–H and O–H groups in total. The fourth-order valence-corrected chi connectivity index (χ4v) is 5.92. The summed E-state index contributed by atoms with van der Waals surface area (Å²) in [5.41, 5.74) is 2.68. The van der Waals surface area contributed by atoms with Gasteiger partial charge in [0.15, 0.2) is 0 Å². The Balaban J connectivity index is 1.43. The van der Waals surface area contributed by atoms with Crippen LogP contribution in [0.2, 0.25) is 0 Å². The molecule has 2 amide bonds. The van der Waals surface area contributed by atoms with Gasteiger partial charge in [-0.25, -0.2) is 13.4 Å². The fourth-order valence-electron chi connectivity index (χ4n) is 4.40. The average Bonchev–Trinajstić information content (AvgIpc) is 2.78. The fraction of sp³-hybridized carbons (Fsp3) is 0.435. The quantitative estimate of drug-likeness (QED) is 0.763. The third-order valence-electron chi connectivity index (χ3n) is 6.18. The summed E-state index contributed by atoms with van der Waals surface area (Å²) < 4.78 is 27.9. The van der Waals surface area contributed by atoms with E-state index < -0.39 is 10.0 Å². The average molecular weight is 457 g/mol. The second-order valence-corrected chi connectivity index (χ2v) is 10.4. The number of amides is 2. The first-order chi connectivity index (χ1) is 15.3. The van der Waals surface area contributed by atoms with Crippen molar-refractivity contribution in [3.05, 3.63) is 47.7 Å². The Morgan fingerprint density at radius 3 is 2.53 bits per heavy atom. The molecule has 0 bridgehead atoms. The highest BCUT2D eigenvalue weighted by Gasteiger charge is 2.33. The van der Waals surface area contributed by atoms with Gasteiger partial charge in [-0.05, 0) is 74.1 Å². The molecule has 2 aliphatic heterocycles. The number of hydrogen-bond acceptors (Lipinski definition) is 5. The van der Waals surface area contributed by atoms with Crippen LogP contribution in [0.15, 0.2) is 41.4 Å². The van der Waals surface area contributed by atoms with Crippen molar-refractivity contribution in [2.45, 2.75) is 44.4 Å². The lowest BCUT2D eigenvalue weighted by molar-refractivity contribution is -0.121. The van der Waals surface area contributed by atoms with Crippen molar-refractivity contribution in [3.63, 3.8) is 0 Å². The van der Waals surface area contributed by atoms with Gasteiger partial charge in [0.2, 0.25) is 21.8 Å². The number of fused-ring (bicyclic) bond motifs is 1. The first-order valence-electron chi connectivity index (χ1n) is 10.9. The zero-order valence-corrected chi connectivity index (χ0v) is 19.2. The van der Waals surface area contributed by atoms with Crippen molar-refractivity contribution < 1.29 is 18.0 Å². The molecule has 0 aliphatic carbocycles. The number of pyridine rings is 1. The van der Waals surface area contributed by atoms with E-state index in [0.29, 0.717) is 38.3 Å². The Labute approximate surface area is 188 Å². The highest BCUT2D eigenvalue weighted by atomic mass is 32.2. The SMILES string of the molecule is CC(=O)N1CCCc2cc(S(=O)(=O)N3CCC(C(=O)Nc4cc(C)ccn4)CC3)ccc21. The van der Waals surface area contributed by atoms with Gasteiger partial charge in [-0.15, -0.1) is 0 Å². The first kappa shape index (κ1) is 22.4. The van der Waals surface area contributed by atoms with Crippen LogP contribution in [0.3, 0.4) is 0 Å². The summed E-state index contributed by atoms with van der Waals surface area (Å²) in [5, 5.41) is 2.83. The van der Waals surface area contributed by atoms with Gasteiger partial charge in [0.05, 0.1) is 4.90 Å². The minimum atomic E-state index is -3.66. The molecule has 0 atom stereocenters. The Hall–Kier alpha value is -2.78. The zero-order chi connectivity index (χ0) is 22.9. The number of carbonyl (C=O) groups excluding carboxylic acids is 2. The summed E-state index contributed by atoms with van der Waals surface area (Å²) in [4.78, 5) is 30.6. The molecule has 1 aromatic carbocycles. The van der Waals surface area contributed by atoms with Gasteiger partial charge in [-0.2, -0.15) is 4.31 Å². The van der Waals surface area contributed by atoms with Crippen LogP contribution in [0.5, 0.6) is 0 Å². The van der Waals surface area contributed by atoms with Crippen LogP contribution in [-0.2, 0) is 26.0 Å². The van der Waals surface area contributed by atoms with Crippen molar-refractivity contribution >= 4 is 33.3 Å². The summed E-state index contributed by atoms with van der Waals surface area (Å²) in [6.45, 7) is 4.69. The first-order valence-corrected chi connectivity index (χ1v) is 12.3. The van der Waals surface area contributed by atoms with E-state index in [1.54, 1.807) is 35.4 Å². The third-order valence-corrected chi connectivity index (χ3v) is 8.07. The number of aryl methyl sites for hydroxylation is 2. The van der Waals surface area contributed by atoms with E-state index >= 15 is 0 Å². The Kier molecular flexibility index (Phi) is 6.30. The molecule has 1 saturated heterocycles. The van der Waals surface area contributed by atoms with Crippen LogP contribution >= 0.6 is 0 Å². The molecule has 0 spiro atoms. The van der Waals surface area contributed by atoms with Crippen LogP contribution in [0, 0.1) is 12.8 Å². The van der Waals surface area contributed by atoms with Gasteiger partial charge < -0.3 is 10.2 Å². The molecule has 1 aromatic heterocycles. The Morgan fingerprint density at radius 1 is 1.09 bits per heavy atom. The van der Waals surface area contributed by atoms with Crippen molar-refractivity contribution in [3.8, 4) is 0 Å². The number of nitrogens with zero attached hydrogens (tertiary/aromatic N) is 3. The highest BCUT2D eigenvalue weighted by molar-refractivity contribution is 7.89. The van der Waals surface area contributed by atoms with Gasteiger partial charge in [-0.1, -0.05) is 0 Å². The van der Waals surface area contributed by atoms with Gasteiger partial charge in [0.25, 0.3) is 0 Å². The lowest BCUT2D eigenvalue weighted by Crippen LogP contribution is -2.41. The Bertz CT molecular complexity index is 1140. The second-order valence-electron chi connectivity index (χ2n) is 8.45. The van der Waals surface area contributed by atoms with E-state index in [1.165, 1.54) is 11.2 Å². The lowest BCUT2D eigenvalue weighted by atomic mass is 9.97. The van der Waals surface area contributed by atoms with Crippen LogP contribution in [0.1, 0.15) is 37.3 Å². The number of rotatable bonds is 4. The van der Waals surface area contributed by atoms with E-state index in [2.05, 4.69) is 10.3 Å². The zero-order valence-electron chi connectivity index (χ0n) is 18.4. The van der Waals surface area contributed by atoms with Crippen LogP contribution in [0.25, 0.3) is 0 Å². The van der Waals surface area contributed by atoms with Crippen LogP contribution < -0.4 is 10.2 Å². The molecule has 3 heterocycles. The molecule has 2 aliphatic rings. The largest absolute Gasteiger partial charge is 0.312 e. The summed E-state index contributed by atoms with van der Waals surface area (Å²) in [7, 11) is -3.66. The Morgan fingerprint density at radius 2 is 1.84 bits per heavy atom. The molecule has 0 unspecified atom stereocenters. The van der Waals surface area contributed by atoms with Crippen molar-refractivity contribution in [2.24, 2.45) is 5.92 Å². The summed E-state index contributed by atoms with van der Waals surface area (Å²) in [6, 6.07) is 8.68. The van der Waals surface area contributed by atoms with E-state index in [9.17, 15) is 18.0 Å². The molecular formula is C23H28N4O4S. The standard InChI is InChI=1S/C23H28N4O4S/c1-16-7-10-24-22(14-16)25-23(29)18-8-12-26(13-9-18)32(30,31)20-5-6-21-19(15-20)4-3-11-27(21)17(2)28/h5-7,10,14-15,18H,3-4,8-9,11-13H2,1-2H3,(H,24,25,29). The molecule has 1 fully saturated rings. The maximum absolute atomic E-state index is 13.2. The number of benzene rings is 1. The molecule has 9 heteroatoms. The number of carbonyl (C=O) groups is 2. The van der Waals surface area contributed by atoms with Crippen LogP contribution in [-0.4, -0.2) is 49.2 Å². The van der Waals surface area contributed by atoms with Gasteiger partial charge in [0, 0.05) is 44.4 Å². The number of aromatic nitrogens is 1. The number of hydrogen-bond donors (Lipinski definition) is 1. The van der Waals surface area contributed by atoms with E-state index in [-0.39, 0.29) is 22.6 Å². The summed E-state index contributed by atoms with van der Waals surface area (Å²) in [5.74, 6) is 0.0937. The normalized spacial score (nSPS) is 17.6. The maximum atomic E-state index is 13.2. The van der Waals surface area contributed by atoms with Crippen molar-refractivity contribution in [1.82, 2.24) is 9.29 Å². The van der Waals surface area contributed by atoms with E-state index in [1.807, 2.05) is 13.0 Å². The number of nitrogens with one attached hydrogen (secondary N) is 1. The molecule has 170 valence electrons. The number of piperidine rings is 1. The third kappa shape index (κ3) is 4.54. The molecule has 2 aromatic rings. The lowest BCUT2D eigenvalue weighted by Gasteiger charge is -2.32. The van der Waals surface area contributed by atoms with E-state index in [0.717, 1.165) is 29.7 Å². The predicted octanol–water partition coefficient (Wildman–Crippen LogP) is 2.73. The summed E-state index contributed by atoms with van der Waals surface area (Å²) in [6.07, 6.45) is 4.12. The summed E-state index contributed by atoms with van der Waals surface area (Å²) >= 11 is 0. The molecule has 0 radical (unpaired) electrons. The molecule has 32 heavy (non-hydrogen) atoms. The molecular weight excluding hydrogens is 428 g/mol. The van der Waals surface area contributed by atoms with Crippen molar-refractivity contribution in [1.29, 1.82) is 0 Å². The highest BCUT2D eigenvalue weighted by Crippen LogP contribution is 2.32. The maximum Gasteiger partial charge on any atom is 0.243 e.